The number of hydrogen-bond donors (Lipinski definition) is 2. The van der Waals surface area contributed by atoms with Gasteiger partial charge in [0.25, 0.3) is 5.91 Å². The summed E-state index contributed by atoms with van der Waals surface area (Å²) in [6.07, 6.45) is 3.19. The number of morpholine rings is 1. The molecular weight excluding hydrogens is 388 g/mol. The number of amides is 1. The Bertz CT molecular complexity index is 830. The van der Waals surface area contributed by atoms with E-state index < -0.39 is 0 Å². The molecule has 0 spiro atoms. The van der Waals surface area contributed by atoms with Crippen molar-refractivity contribution in [2.45, 2.75) is 0 Å². The van der Waals surface area contributed by atoms with E-state index in [9.17, 15) is 4.79 Å². The van der Waals surface area contributed by atoms with Crippen LogP contribution in [0.25, 0.3) is 0 Å². The number of aromatic nitrogens is 1. The lowest BCUT2D eigenvalue weighted by Gasteiger charge is -2.27. The molecule has 1 aliphatic heterocycles. The largest absolute Gasteiger partial charge is 0.378 e. The van der Waals surface area contributed by atoms with Crippen LogP contribution in [0.1, 0.15) is 9.67 Å². The molecule has 0 aliphatic carbocycles. The fraction of sp³-hybridized carbons (Fsp3) is 0.294. The molecule has 1 fully saturated rings. The standard InChI is InChI=1S/C17H19ClN6O2S/c18-15-3-2-14(27-15)17(25)22-11-13(23-19)10-20-12-1-4-16(21-9-12)24-5-7-26-8-6-24/h1-4,9-10H,5-8,11,19H2,(H,22,25). The molecule has 10 heteroatoms. The molecule has 1 saturated heterocycles. The zero-order chi connectivity index (χ0) is 19.1. The van der Waals surface area contributed by atoms with Gasteiger partial charge in [-0.1, -0.05) is 11.6 Å². The number of rotatable bonds is 6. The molecule has 0 radical (unpaired) electrons. The highest BCUT2D eigenvalue weighted by Gasteiger charge is 2.12. The van der Waals surface area contributed by atoms with Crippen molar-refractivity contribution in [3.8, 4) is 0 Å². The first-order valence-electron chi connectivity index (χ1n) is 8.29. The van der Waals surface area contributed by atoms with Gasteiger partial charge >= 0.3 is 0 Å². The van der Waals surface area contributed by atoms with E-state index in [1.54, 1.807) is 18.3 Å². The van der Waals surface area contributed by atoms with Gasteiger partial charge in [-0.3, -0.25) is 9.79 Å². The number of nitrogens with zero attached hydrogens (tertiary/aromatic N) is 4. The van der Waals surface area contributed by atoms with Crippen molar-refractivity contribution in [3.05, 3.63) is 39.7 Å². The van der Waals surface area contributed by atoms with Gasteiger partial charge in [-0.25, -0.2) is 4.98 Å². The number of nitrogens with one attached hydrogen (secondary N) is 1. The van der Waals surface area contributed by atoms with Crippen molar-refractivity contribution in [2.24, 2.45) is 15.9 Å². The average Bonchev–Trinajstić information content (AvgIpc) is 3.15. The molecule has 27 heavy (non-hydrogen) atoms. The molecule has 3 rings (SSSR count). The first-order chi connectivity index (χ1) is 13.2. The predicted octanol–water partition coefficient (Wildman–Crippen LogP) is 2.08. The normalized spacial score (nSPS) is 15.3. The lowest BCUT2D eigenvalue weighted by atomic mass is 10.3. The summed E-state index contributed by atoms with van der Waals surface area (Å²) < 4.78 is 5.90. The summed E-state index contributed by atoms with van der Waals surface area (Å²) in [4.78, 5) is 23.4. The first-order valence-corrected chi connectivity index (χ1v) is 9.48. The lowest BCUT2D eigenvalue weighted by molar-refractivity contribution is 0.0963. The summed E-state index contributed by atoms with van der Waals surface area (Å²) in [6.45, 7) is 3.24. The Labute approximate surface area is 165 Å². The van der Waals surface area contributed by atoms with Crippen LogP contribution in [0.15, 0.2) is 40.6 Å². The van der Waals surface area contributed by atoms with Crippen LogP contribution in [0.3, 0.4) is 0 Å². The van der Waals surface area contributed by atoms with E-state index in [-0.39, 0.29) is 12.5 Å². The molecule has 3 heterocycles. The van der Waals surface area contributed by atoms with Gasteiger partial charge in [0, 0.05) is 13.1 Å². The SMILES string of the molecule is NN=C(C=Nc1ccc(N2CCOCC2)nc1)CNC(=O)c1ccc(Cl)s1. The van der Waals surface area contributed by atoms with Crippen molar-refractivity contribution in [1.82, 2.24) is 10.3 Å². The summed E-state index contributed by atoms with van der Waals surface area (Å²) in [7, 11) is 0. The molecule has 3 N–H and O–H groups in total. The second-order valence-corrected chi connectivity index (χ2v) is 7.35. The van der Waals surface area contributed by atoms with Gasteiger partial charge in [0.2, 0.25) is 0 Å². The monoisotopic (exact) mass is 406 g/mol. The number of carbonyl (C=O) groups excluding carboxylic acids is 1. The van der Waals surface area contributed by atoms with E-state index in [4.69, 9.17) is 22.2 Å². The molecular formula is C17H19ClN6O2S. The van der Waals surface area contributed by atoms with E-state index in [2.05, 4.69) is 25.3 Å². The van der Waals surface area contributed by atoms with Gasteiger partial charge in [0.05, 0.1) is 52.8 Å². The van der Waals surface area contributed by atoms with Crippen LogP contribution < -0.4 is 16.1 Å². The minimum Gasteiger partial charge on any atom is -0.378 e. The Hall–Kier alpha value is -2.49. The van der Waals surface area contributed by atoms with Crippen molar-refractivity contribution < 1.29 is 9.53 Å². The minimum atomic E-state index is -0.238. The van der Waals surface area contributed by atoms with Gasteiger partial charge in [-0.15, -0.1) is 11.3 Å². The number of carbonyl (C=O) groups is 1. The molecule has 8 nitrogen and oxygen atoms in total. The minimum absolute atomic E-state index is 0.160. The molecule has 2 aromatic heterocycles. The Balaban J connectivity index is 1.54. The lowest BCUT2D eigenvalue weighted by Crippen LogP contribution is -2.36. The van der Waals surface area contributed by atoms with E-state index in [1.807, 2.05) is 12.1 Å². The Kier molecular flexibility index (Phi) is 6.74. The third-order valence-electron chi connectivity index (χ3n) is 3.82. The number of ether oxygens (including phenoxy) is 1. The van der Waals surface area contributed by atoms with Crippen LogP contribution in [0, 0.1) is 0 Å². The Morgan fingerprint density at radius 1 is 1.37 bits per heavy atom. The van der Waals surface area contributed by atoms with Gasteiger partial charge in [-0.05, 0) is 24.3 Å². The van der Waals surface area contributed by atoms with Crippen LogP contribution in [-0.2, 0) is 4.74 Å². The van der Waals surface area contributed by atoms with Crippen molar-refractivity contribution in [2.75, 3.05) is 37.7 Å². The maximum absolute atomic E-state index is 12.0. The molecule has 0 bridgehead atoms. The summed E-state index contributed by atoms with van der Waals surface area (Å²) in [5.41, 5.74) is 1.10. The highest BCUT2D eigenvalue weighted by Crippen LogP contribution is 2.21. The molecule has 1 amide bonds. The number of anilines is 1. The smallest absolute Gasteiger partial charge is 0.261 e. The maximum Gasteiger partial charge on any atom is 0.261 e. The quantitative estimate of drug-likeness (QED) is 0.434. The Morgan fingerprint density at radius 2 is 2.19 bits per heavy atom. The van der Waals surface area contributed by atoms with E-state index in [1.165, 1.54) is 17.6 Å². The molecule has 1 aliphatic rings. The summed E-state index contributed by atoms with van der Waals surface area (Å²) >= 11 is 7.04. The Morgan fingerprint density at radius 3 is 2.81 bits per heavy atom. The molecule has 0 atom stereocenters. The first kappa shape index (κ1) is 19.3. The van der Waals surface area contributed by atoms with Crippen LogP contribution >= 0.6 is 22.9 Å². The van der Waals surface area contributed by atoms with E-state index >= 15 is 0 Å². The summed E-state index contributed by atoms with van der Waals surface area (Å²) in [5.74, 6) is 6.04. The number of nitrogens with two attached hydrogens (primary N) is 1. The van der Waals surface area contributed by atoms with Gasteiger partial charge in [0.1, 0.15) is 5.82 Å². The number of pyridine rings is 1. The van der Waals surface area contributed by atoms with Crippen molar-refractivity contribution in [1.29, 1.82) is 0 Å². The van der Waals surface area contributed by atoms with Crippen LogP contribution in [-0.4, -0.2) is 55.7 Å². The number of aliphatic imine (C=N–C) groups is 1. The number of halogens is 1. The fourth-order valence-corrected chi connectivity index (χ4v) is 3.36. The summed E-state index contributed by atoms with van der Waals surface area (Å²) in [6, 6.07) is 7.12. The maximum atomic E-state index is 12.0. The number of hydrazone groups is 1. The van der Waals surface area contributed by atoms with Gasteiger partial charge in [-0.2, -0.15) is 5.10 Å². The third kappa shape index (κ3) is 5.49. The van der Waals surface area contributed by atoms with E-state index in [0.717, 1.165) is 18.9 Å². The van der Waals surface area contributed by atoms with Crippen LogP contribution in [0.2, 0.25) is 4.34 Å². The zero-order valence-corrected chi connectivity index (χ0v) is 16.0. The molecule has 142 valence electrons. The predicted molar refractivity (Wildman–Crippen MR) is 109 cm³/mol. The number of thiophene rings is 1. The van der Waals surface area contributed by atoms with Crippen molar-refractivity contribution in [3.63, 3.8) is 0 Å². The fourth-order valence-electron chi connectivity index (χ4n) is 2.40. The zero-order valence-electron chi connectivity index (χ0n) is 14.5. The third-order valence-corrected chi connectivity index (χ3v) is 5.05. The topological polar surface area (TPSA) is 105 Å². The highest BCUT2D eigenvalue weighted by molar-refractivity contribution is 7.18. The van der Waals surface area contributed by atoms with Crippen molar-refractivity contribution >= 4 is 52.3 Å². The number of hydrogen-bond acceptors (Lipinski definition) is 8. The highest BCUT2D eigenvalue weighted by atomic mass is 35.5. The molecule has 0 saturated carbocycles. The van der Waals surface area contributed by atoms with Gasteiger partial charge < -0.3 is 20.8 Å². The molecule has 0 unspecified atom stereocenters. The second-order valence-electron chi connectivity index (χ2n) is 5.64. The molecule has 2 aromatic rings. The molecule has 0 aromatic carbocycles. The second kappa shape index (κ2) is 9.45. The van der Waals surface area contributed by atoms with E-state index in [0.29, 0.717) is 33.8 Å². The van der Waals surface area contributed by atoms with Crippen LogP contribution in [0.5, 0.6) is 0 Å². The van der Waals surface area contributed by atoms with Gasteiger partial charge in [0.15, 0.2) is 0 Å². The average molecular weight is 407 g/mol. The summed E-state index contributed by atoms with van der Waals surface area (Å²) in [5, 5.41) is 6.38. The van der Waals surface area contributed by atoms with Crippen LogP contribution in [0.4, 0.5) is 11.5 Å².